The fraction of sp³-hybridized carbons (Fsp3) is 0.300. The van der Waals surface area contributed by atoms with E-state index < -0.39 is 0 Å². The lowest BCUT2D eigenvalue weighted by Gasteiger charge is -2.07. The minimum atomic E-state index is -0.258. The van der Waals surface area contributed by atoms with Gasteiger partial charge in [-0.1, -0.05) is 13.0 Å². The largest absolute Gasteiger partial charge is 0.423 e. The molecule has 1 rings (SSSR count). The molecule has 76 valence electrons. The first-order valence-corrected chi connectivity index (χ1v) is 5.19. The van der Waals surface area contributed by atoms with Crippen molar-refractivity contribution in [1.29, 1.82) is 0 Å². The van der Waals surface area contributed by atoms with Crippen molar-refractivity contribution < 1.29 is 9.53 Å². The number of esters is 1. The van der Waals surface area contributed by atoms with Crippen LogP contribution in [0.3, 0.4) is 0 Å². The third-order valence-corrected chi connectivity index (χ3v) is 2.29. The SMILES string of the molecule is CCCC(=O)Oc1c(N)cccc1Br. The third kappa shape index (κ3) is 2.73. The third-order valence-electron chi connectivity index (χ3n) is 1.67. The first-order chi connectivity index (χ1) is 6.65. The van der Waals surface area contributed by atoms with E-state index in [0.717, 1.165) is 6.42 Å². The summed E-state index contributed by atoms with van der Waals surface area (Å²) in [4.78, 5) is 11.2. The molecule has 4 heteroatoms. The Bertz CT molecular complexity index is 319. The number of hydrogen-bond donors (Lipinski definition) is 1. The lowest BCUT2D eigenvalue weighted by molar-refractivity contribution is -0.134. The number of rotatable bonds is 3. The molecule has 1 aromatic carbocycles. The van der Waals surface area contributed by atoms with Crippen molar-refractivity contribution in [2.45, 2.75) is 19.8 Å². The molecule has 0 saturated carbocycles. The summed E-state index contributed by atoms with van der Waals surface area (Å²) < 4.78 is 5.80. The maximum Gasteiger partial charge on any atom is 0.311 e. The number of nitrogen functional groups attached to an aromatic ring is 1. The molecular weight excluding hydrogens is 246 g/mol. The lowest BCUT2D eigenvalue weighted by Crippen LogP contribution is -2.08. The first kappa shape index (κ1) is 11.0. The molecule has 2 N–H and O–H groups in total. The van der Waals surface area contributed by atoms with Crippen molar-refractivity contribution in [2.75, 3.05) is 5.73 Å². The smallest absolute Gasteiger partial charge is 0.311 e. The van der Waals surface area contributed by atoms with Crippen LogP contribution in [0.2, 0.25) is 0 Å². The molecule has 0 amide bonds. The van der Waals surface area contributed by atoms with Crippen molar-refractivity contribution in [2.24, 2.45) is 0 Å². The molecule has 0 aromatic heterocycles. The molecule has 14 heavy (non-hydrogen) atoms. The Morgan fingerprint density at radius 2 is 2.29 bits per heavy atom. The highest BCUT2D eigenvalue weighted by molar-refractivity contribution is 9.10. The van der Waals surface area contributed by atoms with Crippen molar-refractivity contribution in [3.63, 3.8) is 0 Å². The zero-order valence-corrected chi connectivity index (χ0v) is 9.50. The van der Waals surface area contributed by atoms with Gasteiger partial charge >= 0.3 is 5.97 Å². The molecule has 0 aliphatic rings. The summed E-state index contributed by atoms with van der Waals surface area (Å²) in [5.74, 6) is 0.150. The van der Waals surface area contributed by atoms with Crippen molar-refractivity contribution in [1.82, 2.24) is 0 Å². The van der Waals surface area contributed by atoms with Gasteiger partial charge in [-0.15, -0.1) is 0 Å². The number of hydrogen-bond acceptors (Lipinski definition) is 3. The molecule has 0 unspecified atom stereocenters. The van der Waals surface area contributed by atoms with Gasteiger partial charge in [0, 0.05) is 6.42 Å². The van der Waals surface area contributed by atoms with E-state index >= 15 is 0 Å². The Hall–Kier alpha value is -1.03. The molecule has 0 aliphatic carbocycles. The number of ether oxygens (including phenoxy) is 1. The average Bonchev–Trinajstić information content (AvgIpc) is 2.12. The fourth-order valence-electron chi connectivity index (χ4n) is 1.00. The van der Waals surface area contributed by atoms with Gasteiger partial charge in [-0.3, -0.25) is 4.79 Å². The van der Waals surface area contributed by atoms with Gasteiger partial charge in [-0.2, -0.15) is 0 Å². The molecule has 0 saturated heterocycles. The minimum absolute atomic E-state index is 0.258. The molecule has 0 spiro atoms. The quantitative estimate of drug-likeness (QED) is 0.515. The summed E-state index contributed by atoms with van der Waals surface area (Å²) in [6, 6.07) is 5.26. The van der Waals surface area contributed by atoms with E-state index in [-0.39, 0.29) is 5.97 Å². The van der Waals surface area contributed by atoms with Crippen LogP contribution >= 0.6 is 15.9 Å². The van der Waals surface area contributed by atoms with Crippen LogP contribution in [0.4, 0.5) is 5.69 Å². The second kappa shape index (κ2) is 5.00. The summed E-state index contributed by atoms with van der Waals surface area (Å²) in [6.45, 7) is 1.92. The first-order valence-electron chi connectivity index (χ1n) is 4.39. The molecule has 3 nitrogen and oxygen atoms in total. The van der Waals surface area contributed by atoms with Gasteiger partial charge < -0.3 is 10.5 Å². The van der Waals surface area contributed by atoms with E-state index in [1.54, 1.807) is 18.2 Å². The highest BCUT2D eigenvalue weighted by atomic mass is 79.9. The Labute approximate surface area is 91.4 Å². The van der Waals surface area contributed by atoms with Crippen molar-refractivity contribution in [3.8, 4) is 5.75 Å². The van der Waals surface area contributed by atoms with E-state index in [1.165, 1.54) is 0 Å². The standard InChI is InChI=1S/C10H12BrNO2/c1-2-4-9(13)14-10-7(11)5-3-6-8(10)12/h3,5-6H,2,4,12H2,1H3. The summed E-state index contributed by atoms with van der Waals surface area (Å²) in [5.41, 5.74) is 6.12. The van der Waals surface area contributed by atoms with Gasteiger partial charge in [0.05, 0.1) is 10.2 Å². The minimum Gasteiger partial charge on any atom is -0.423 e. The fourth-order valence-corrected chi connectivity index (χ4v) is 1.46. The molecule has 0 radical (unpaired) electrons. The second-order valence-corrected chi connectivity index (χ2v) is 3.74. The van der Waals surface area contributed by atoms with E-state index in [1.807, 2.05) is 6.92 Å². The number of carbonyl (C=O) groups excluding carboxylic acids is 1. The molecule has 0 atom stereocenters. The van der Waals surface area contributed by atoms with Crippen LogP contribution in [-0.2, 0) is 4.79 Å². The Kier molecular flexibility index (Phi) is 3.95. The number of halogens is 1. The van der Waals surface area contributed by atoms with Crippen LogP contribution in [0.1, 0.15) is 19.8 Å². The Morgan fingerprint density at radius 1 is 1.57 bits per heavy atom. The predicted octanol–water partition coefficient (Wildman–Crippen LogP) is 2.74. The lowest BCUT2D eigenvalue weighted by atomic mass is 10.3. The number of para-hydroxylation sites is 1. The molecule has 0 bridgehead atoms. The van der Waals surface area contributed by atoms with Crippen LogP contribution < -0.4 is 10.5 Å². The zero-order valence-electron chi connectivity index (χ0n) is 7.92. The second-order valence-electron chi connectivity index (χ2n) is 2.88. The molecular formula is C10H12BrNO2. The van der Waals surface area contributed by atoms with Crippen LogP contribution in [0.5, 0.6) is 5.75 Å². The predicted molar refractivity (Wildman–Crippen MR) is 59.1 cm³/mol. The van der Waals surface area contributed by atoms with Gasteiger partial charge in [0.25, 0.3) is 0 Å². The maximum absolute atomic E-state index is 11.2. The Balaban J connectivity index is 2.80. The van der Waals surface area contributed by atoms with E-state index in [9.17, 15) is 4.79 Å². The topological polar surface area (TPSA) is 52.3 Å². The summed E-state index contributed by atoms with van der Waals surface area (Å²) in [6.07, 6.45) is 1.17. The number of nitrogens with two attached hydrogens (primary N) is 1. The van der Waals surface area contributed by atoms with Gasteiger partial charge in [0.1, 0.15) is 0 Å². The van der Waals surface area contributed by atoms with Crippen LogP contribution in [-0.4, -0.2) is 5.97 Å². The molecule has 0 aliphatic heterocycles. The Morgan fingerprint density at radius 3 is 2.86 bits per heavy atom. The molecule has 1 aromatic rings. The van der Waals surface area contributed by atoms with Crippen molar-refractivity contribution in [3.05, 3.63) is 22.7 Å². The van der Waals surface area contributed by atoms with E-state index in [0.29, 0.717) is 22.3 Å². The van der Waals surface area contributed by atoms with Crippen LogP contribution in [0.15, 0.2) is 22.7 Å². The summed E-state index contributed by atoms with van der Waals surface area (Å²) in [5, 5.41) is 0. The molecule has 0 heterocycles. The van der Waals surface area contributed by atoms with Gasteiger partial charge in [-0.25, -0.2) is 0 Å². The summed E-state index contributed by atoms with van der Waals surface area (Å²) in [7, 11) is 0. The van der Waals surface area contributed by atoms with Gasteiger partial charge in [-0.05, 0) is 34.5 Å². The highest BCUT2D eigenvalue weighted by Crippen LogP contribution is 2.31. The average molecular weight is 258 g/mol. The van der Waals surface area contributed by atoms with Crippen LogP contribution in [0.25, 0.3) is 0 Å². The maximum atomic E-state index is 11.2. The van der Waals surface area contributed by atoms with E-state index in [4.69, 9.17) is 10.5 Å². The monoisotopic (exact) mass is 257 g/mol. The number of carbonyl (C=O) groups is 1. The number of benzene rings is 1. The normalized spacial score (nSPS) is 9.86. The van der Waals surface area contributed by atoms with E-state index in [2.05, 4.69) is 15.9 Å². The van der Waals surface area contributed by atoms with Gasteiger partial charge in [0.2, 0.25) is 0 Å². The zero-order chi connectivity index (χ0) is 10.6. The summed E-state index contributed by atoms with van der Waals surface area (Å²) >= 11 is 3.27. The molecule has 0 fully saturated rings. The van der Waals surface area contributed by atoms with Crippen molar-refractivity contribution >= 4 is 27.6 Å². The van der Waals surface area contributed by atoms with Gasteiger partial charge in [0.15, 0.2) is 5.75 Å². The number of anilines is 1. The highest BCUT2D eigenvalue weighted by Gasteiger charge is 2.09. The van der Waals surface area contributed by atoms with Crippen LogP contribution in [0, 0.1) is 0 Å².